The first-order valence-electron chi connectivity index (χ1n) is 9.17. The Morgan fingerprint density at radius 1 is 0.792 bits per heavy atom. The van der Waals surface area contributed by atoms with Gasteiger partial charge in [-0.1, -0.05) is 61.1 Å². The smallest absolute Gasteiger partial charge is 0.305 e. The Hall–Kier alpha value is -1.83. The molecule has 0 bridgehead atoms. The number of rotatable bonds is 15. The van der Waals surface area contributed by atoms with Crippen LogP contribution in [0.2, 0.25) is 0 Å². The van der Waals surface area contributed by atoms with E-state index in [2.05, 4.69) is 55.2 Å². The maximum Gasteiger partial charge on any atom is 0.305 e. The van der Waals surface area contributed by atoms with Crippen LogP contribution in [0.1, 0.15) is 64.7 Å². The average Bonchev–Trinajstić information content (AvgIpc) is 2.58. The normalized spacial score (nSPS) is 12.0. The monoisotopic (exact) mass is 330 g/mol. The van der Waals surface area contributed by atoms with Crippen molar-refractivity contribution in [2.24, 2.45) is 0 Å². The van der Waals surface area contributed by atoms with Gasteiger partial charge in [0.1, 0.15) is 0 Å². The van der Waals surface area contributed by atoms with Gasteiger partial charge in [0, 0.05) is 6.42 Å². The van der Waals surface area contributed by atoms with Crippen LogP contribution >= 0.6 is 0 Å². The average molecular weight is 331 g/mol. The van der Waals surface area contributed by atoms with Gasteiger partial charge in [0.15, 0.2) is 0 Å². The lowest BCUT2D eigenvalue weighted by atomic mass is 10.1. The lowest BCUT2D eigenvalue weighted by Gasteiger charge is -2.00. The molecule has 134 valence electrons. The number of ether oxygens (including phenoxy) is 1. The van der Waals surface area contributed by atoms with Crippen molar-refractivity contribution >= 4 is 5.97 Å². The third kappa shape index (κ3) is 18.2. The van der Waals surface area contributed by atoms with Crippen LogP contribution in [0.25, 0.3) is 0 Å². The van der Waals surface area contributed by atoms with Crippen LogP contribution in [0.4, 0.5) is 0 Å². The summed E-state index contributed by atoms with van der Waals surface area (Å²) in [5.41, 5.74) is 0. The minimum atomic E-state index is -0.0694. The Morgan fingerprint density at radius 2 is 1.33 bits per heavy atom. The zero-order chi connectivity index (χ0) is 17.7. The molecule has 0 aliphatic carbocycles. The van der Waals surface area contributed by atoms with E-state index in [1.165, 1.54) is 0 Å². The van der Waals surface area contributed by atoms with Gasteiger partial charge in [-0.2, -0.15) is 0 Å². The molecule has 0 N–H and O–H groups in total. The summed E-state index contributed by atoms with van der Waals surface area (Å²) in [6, 6.07) is 0. The van der Waals surface area contributed by atoms with Crippen LogP contribution in [0.5, 0.6) is 0 Å². The molecule has 0 aliphatic heterocycles. The van der Waals surface area contributed by atoms with E-state index in [1.807, 2.05) is 13.0 Å². The van der Waals surface area contributed by atoms with Crippen molar-refractivity contribution in [3.05, 3.63) is 61.3 Å². The second kappa shape index (κ2) is 19.2. The Morgan fingerprint density at radius 3 is 1.88 bits per heavy atom. The number of hydrogen-bond acceptors (Lipinski definition) is 2. The lowest BCUT2D eigenvalue weighted by Crippen LogP contribution is -2.02. The molecule has 2 heteroatoms. The summed E-state index contributed by atoms with van der Waals surface area (Å²) in [6.07, 6.45) is 28.2. The number of esters is 1. The summed E-state index contributed by atoms with van der Waals surface area (Å²) >= 11 is 0. The molecule has 0 aromatic heterocycles. The fourth-order valence-corrected chi connectivity index (χ4v) is 2.06. The van der Waals surface area contributed by atoms with Gasteiger partial charge in [-0.3, -0.25) is 4.79 Å². The highest BCUT2D eigenvalue weighted by Gasteiger charge is 1.99. The van der Waals surface area contributed by atoms with E-state index in [0.717, 1.165) is 51.4 Å². The topological polar surface area (TPSA) is 26.3 Å². The van der Waals surface area contributed by atoms with Gasteiger partial charge in [0.2, 0.25) is 0 Å². The molecule has 0 saturated heterocycles. The predicted molar refractivity (Wildman–Crippen MR) is 105 cm³/mol. The minimum Gasteiger partial charge on any atom is -0.466 e. The zero-order valence-corrected chi connectivity index (χ0v) is 15.3. The fraction of sp³-hybridized carbons (Fsp3) is 0.500. The first kappa shape index (κ1) is 22.2. The van der Waals surface area contributed by atoms with Gasteiger partial charge in [0.05, 0.1) is 6.61 Å². The number of unbranched alkanes of at least 4 members (excludes halogenated alkanes) is 3. The second-order valence-corrected chi connectivity index (χ2v) is 5.52. The van der Waals surface area contributed by atoms with Gasteiger partial charge in [-0.25, -0.2) is 0 Å². The molecule has 0 rings (SSSR count). The maximum absolute atomic E-state index is 11.1. The number of carbonyl (C=O) groups excluding carboxylic acids is 1. The van der Waals surface area contributed by atoms with Gasteiger partial charge in [0.25, 0.3) is 0 Å². The molecular formula is C22H34O2. The SMILES string of the molecule is C=CC/C=C\C/C=C\C/C=C\C/C=C\CCCCCC(=O)OCC. The maximum atomic E-state index is 11.1. The highest BCUT2D eigenvalue weighted by atomic mass is 16.5. The highest BCUT2D eigenvalue weighted by molar-refractivity contribution is 5.69. The first-order valence-corrected chi connectivity index (χ1v) is 9.17. The van der Waals surface area contributed by atoms with Crippen LogP contribution in [0.15, 0.2) is 61.3 Å². The van der Waals surface area contributed by atoms with Crippen molar-refractivity contribution < 1.29 is 9.53 Å². The molecule has 0 unspecified atom stereocenters. The molecule has 2 nitrogen and oxygen atoms in total. The van der Waals surface area contributed by atoms with E-state index in [4.69, 9.17) is 4.74 Å². The van der Waals surface area contributed by atoms with Crippen molar-refractivity contribution in [3.63, 3.8) is 0 Å². The van der Waals surface area contributed by atoms with E-state index in [1.54, 1.807) is 0 Å². The third-order valence-electron chi connectivity index (χ3n) is 3.34. The Kier molecular flexibility index (Phi) is 17.8. The number of hydrogen-bond donors (Lipinski definition) is 0. The van der Waals surface area contributed by atoms with Crippen LogP contribution in [-0.2, 0) is 9.53 Å². The van der Waals surface area contributed by atoms with E-state index in [0.29, 0.717) is 13.0 Å². The Balaban J connectivity index is 3.40. The predicted octanol–water partition coefficient (Wildman–Crippen LogP) is 6.47. The molecule has 24 heavy (non-hydrogen) atoms. The van der Waals surface area contributed by atoms with Gasteiger partial charge in [-0.15, -0.1) is 6.58 Å². The number of carbonyl (C=O) groups is 1. The summed E-state index contributed by atoms with van der Waals surface area (Å²) in [5, 5.41) is 0. The highest BCUT2D eigenvalue weighted by Crippen LogP contribution is 2.05. The molecule has 0 radical (unpaired) electrons. The molecule has 0 spiro atoms. The molecule has 0 amide bonds. The molecule has 0 aromatic rings. The molecular weight excluding hydrogens is 296 g/mol. The van der Waals surface area contributed by atoms with Gasteiger partial charge in [-0.05, 0) is 51.9 Å². The van der Waals surface area contributed by atoms with Crippen molar-refractivity contribution in [1.82, 2.24) is 0 Å². The molecule has 0 heterocycles. The zero-order valence-electron chi connectivity index (χ0n) is 15.3. The number of allylic oxidation sites excluding steroid dienone is 9. The second-order valence-electron chi connectivity index (χ2n) is 5.52. The van der Waals surface area contributed by atoms with E-state index >= 15 is 0 Å². The summed E-state index contributed by atoms with van der Waals surface area (Å²) in [5.74, 6) is -0.0694. The molecule has 0 fully saturated rings. The molecule has 0 atom stereocenters. The van der Waals surface area contributed by atoms with Crippen molar-refractivity contribution in [3.8, 4) is 0 Å². The molecule has 0 aromatic carbocycles. The molecule has 0 aliphatic rings. The van der Waals surface area contributed by atoms with Crippen LogP contribution in [-0.4, -0.2) is 12.6 Å². The minimum absolute atomic E-state index is 0.0694. The van der Waals surface area contributed by atoms with Gasteiger partial charge < -0.3 is 4.74 Å². The summed E-state index contributed by atoms with van der Waals surface area (Å²) in [6.45, 7) is 6.01. The standard InChI is InChI=1S/C22H34O2/c1-3-5-6-7-8-9-10-11-12-13-14-15-16-17-18-19-20-21-22(23)24-4-2/h3,6-7,9-10,12-13,15-16H,1,4-5,8,11,14,17-21H2,2H3/b7-6-,10-9-,13-12-,16-15-. The quantitative estimate of drug-likeness (QED) is 0.195. The molecule has 0 saturated carbocycles. The summed E-state index contributed by atoms with van der Waals surface area (Å²) < 4.78 is 4.90. The summed E-state index contributed by atoms with van der Waals surface area (Å²) in [4.78, 5) is 11.1. The first-order chi connectivity index (χ1) is 11.8. The van der Waals surface area contributed by atoms with Crippen LogP contribution < -0.4 is 0 Å². The van der Waals surface area contributed by atoms with E-state index < -0.39 is 0 Å². The summed E-state index contributed by atoms with van der Waals surface area (Å²) in [7, 11) is 0. The van der Waals surface area contributed by atoms with Gasteiger partial charge >= 0.3 is 5.97 Å². The van der Waals surface area contributed by atoms with Crippen molar-refractivity contribution in [2.45, 2.75) is 64.7 Å². The third-order valence-corrected chi connectivity index (χ3v) is 3.34. The van der Waals surface area contributed by atoms with Crippen LogP contribution in [0, 0.1) is 0 Å². The van der Waals surface area contributed by atoms with Crippen LogP contribution in [0.3, 0.4) is 0 Å². The largest absolute Gasteiger partial charge is 0.466 e. The van der Waals surface area contributed by atoms with Crippen molar-refractivity contribution in [2.75, 3.05) is 6.61 Å². The Bertz CT molecular complexity index is 414. The fourth-order valence-electron chi connectivity index (χ4n) is 2.06. The van der Waals surface area contributed by atoms with Crippen molar-refractivity contribution in [1.29, 1.82) is 0 Å². The van der Waals surface area contributed by atoms with E-state index in [-0.39, 0.29) is 5.97 Å². The Labute approximate surface area is 148 Å². The lowest BCUT2D eigenvalue weighted by molar-refractivity contribution is -0.143. The van der Waals surface area contributed by atoms with E-state index in [9.17, 15) is 4.79 Å².